The largest absolute Gasteiger partial charge is 0.491 e. The summed E-state index contributed by atoms with van der Waals surface area (Å²) >= 11 is 3.49. The van der Waals surface area contributed by atoms with Crippen molar-refractivity contribution in [2.75, 3.05) is 6.61 Å². The minimum atomic E-state index is -0.303. The molecule has 4 heteroatoms. The Morgan fingerprint density at radius 2 is 2.00 bits per heavy atom. The van der Waals surface area contributed by atoms with Gasteiger partial charge in [-0.3, -0.25) is 0 Å². The molecule has 2 nitrogen and oxygen atoms in total. The van der Waals surface area contributed by atoms with Gasteiger partial charge in [-0.15, -0.1) is 12.4 Å². The van der Waals surface area contributed by atoms with Crippen LogP contribution in [-0.4, -0.2) is 12.1 Å². The summed E-state index contributed by atoms with van der Waals surface area (Å²) in [5.74, 6) is 0.853. The summed E-state index contributed by atoms with van der Waals surface area (Å²) in [6.45, 7) is 6.53. The van der Waals surface area contributed by atoms with E-state index in [0.29, 0.717) is 6.61 Å². The van der Waals surface area contributed by atoms with E-state index in [2.05, 4.69) is 35.0 Å². The van der Waals surface area contributed by atoms with Gasteiger partial charge in [0.25, 0.3) is 0 Å². The zero-order valence-electron chi connectivity index (χ0n) is 9.92. The number of ether oxygens (including phenoxy) is 1. The third-order valence-corrected chi connectivity index (χ3v) is 2.62. The monoisotopic (exact) mass is 307 g/mol. The van der Waals surface area contributed by atoms with Gasteiger partial charge in [0.05, 0.1) is 4.47 Å². The molecule has 0 aliphatic rings. The van der Waals surface area contributed by atoms with Crippen LogP contribution in [0.2, 0.25) is 0 Å². The fourth-order valence-electron chi connectivity index (χ4n) is 1.15. The van der Waals surface area contributed by atoms with E-state index in [1.54, 1.807) is 0 Å². The third kappa shape index (κ3) is 5.19. The second kappa shape index (κ2) is 6.48. The zero-order valence-corrected chi connectivity index (χ0v) is 12.3. The lowest BCUT2D eigenvalue weighted by Gasteiger charge is -2.19. The summed E-state index contributed by atoms with van der Waals surface area (Å²) in [7, 11) is 0. The van der Waals surface area contributed by atoms with Crippen molar-refractivity contribution in [3.63, 3.8) is 0 Å². The fourth-order valence-corrected chi connectivity index (χ4v) is 1.69. The van der Waals surface area contributed by atoms with Crippen LogP contribution in [0.1, 0.15) is 26.3 Å². The SMILES string of the molecule is CCc1ccc(OCC(C)(C)N)c(Br)c1.Cl. The van der Waals surface area contributed by atoms with E-state index in [9.17, 15) is 0 Å². The first-order valence-corrected chi connectivity index (χ1v) is 5.92. The Balaban J connectivity index is 0.00000225. The molecule has 92 valence electrons. The molecular formula is C12H19BrClNO. The maximum absolute atomic E-state index is 5.85. The van der Waals surface area contributed by atoms with Gasteiger partial charge < -0.3 is 10.5 Å². The van der Waals surface area contributed by atoms with Gasteiger partial charge in [0.15, 0.2) is 0 Å². The lowest BCUT2D eigenvalue weighted by molar-refractivity contribution is 0.242. The molecule has 0 atom stereocenters. The molecule has 1 aromatic carbocycles. The number of hydrogen-bond donors (Lipinski definition) is 1. The average molecular weight is 309 g/mol. The van der Waals surface area contributed by atoms with E-state index in [1.165, 1.54) is 5.56 Å². The molecule has 0 heterocycles. The van der Waals surface area contributed by atoms with Crippen molar-refractivity contribution >= 4 is 28.3 Å². The highest BCUT2D eigenvalue weighted by Gasteiger charge is 2.12. The molecule has 0 saturated heterocycles. The van der Waals surface area contributed by atoms with Crippen molar-refractivity contribution in [3.05, 3.63) is 28.2 Å². The molecule has 0 spiro atoms. The highest BCUT2D eigenvalue weighted by atomic mass is 79.9. The Morgan fingerprint density at radius 3 is 2.44 bits per heavy atom. The molecule has 0 aliphatic carbocycles. The molecule has 16 heavy (non-hydrogen) atoms. The van der Waals surface area contributed by atoms with Gasteiger partial charge in [0.1, 0.15) is 12.4 Å². The van der Waals surface area contributed by atoms with Crippen LogP contribution < -0.4 is 10.5 Å². The van der Waals surface area contributed by atoms with Crippen LogP contribution in [-0.2, 0) is 6.42 Å². The van der Waals surface area contributed by atoms with Crippen LogP contribution in [0.15, 0.2) is 22.7 Å². The topological polar surface area (TPSA) is 35.2 Å². The summed E-state index contributed by atoms with van der Waals surface area (Å²) in [6.07, 6.45) is 1.03. The Labute approximate surface area is 112 Å². The second-order valence-electron chi connectivity index (χ2n) is 4.40. The van der Waals surface area contributed by atoms with Gasteiger partial charge in [-0.05, 0) is 53.9 Å². The van der Waals surface area contributed by atoms with Crippen LogP contribution in [0.25, 0.3) is 0 Å². The normalized spacial score (nSPS) is 10.8. The smallest absolute Gasteiger partial charge is 0.133 e. The Morgan fingerprint density at radius 1 is 1.38 bits per heavy atom. The summed E-state index contributed by atoms with van der Waals surface area (Å²) in [5.41, 5.74) is 6.84. The standard InChI is InChI=1S/C12H18BrNO.ClH/c1-4-9-5-6-11(10(13)7-9)15-8-12(2,3)14;/h5-7H,4,8,14H2,1-3H3;1H. The predicted molar refractivity (Wildman–Crippen MR) is 74.5 cm³/mol. The van der Waals surface area contributed by atoms with Gasteiger partial charge in [0.2, 0.25) is 0 Å². The zero-order chi connectivity index (χ0) is 11.5. The molecular weight excluding hydrogens is 289 g/mol. The first kappa shape index (κ1) is 15.8. The van der Waals surface area contributed by atoms with Gasteiger partial charge in [-0.2, -0.15) is 0 Å². The van der Waals surface area contributed by atoms with E-state index in [1.807, 2.05) is 19.9 Å². The fraction of sp³-hybridized carbons (Fsp3) is 0.500. The van der Waals surface area contributed by atoms with Crippen molar-refractivity contribution in [2.24, 2.45) is 5.73 Å². The van der Waals surface area contributed by atoms with Gasteiger partial charge in [0, 0.05) is 5.54 Å². The number of halogens is 2. The maximum Gasteiger partial charge on any atom is 0.133 e. The lowest BCUT2D eigenvalue weighted by atomic mass is 10.1. The second-order valence-corrected chi connectivity index (χ2v) is 5.25. The quantitative estimate of drug-likeness (QED) is 0.923. The molecule has 0 radical (unpaired) electrons. The maximum atomic E-state index is 5.85. The van der Waals surface area contributed by atoms with Gasteiger partial charge in [-0.1, -0.05) is 13.0 Å². The molecule has 0 amide bonds. The summed E-state index contributed by atoms with van der Waals surface area (Å²) in [5, 5.41) is 0. The van der Waals surface area contributed by atoms with Crippen molar-refractivity contribution < 1.29 is 4.74 Å². The molecule has 0 unspecified atom stereocenters. The van der Waals surface area contributed by atoms with Crippen LogP contribution in [0, 0.1) is 0 Å². The number of nitrogens with two attached hydrogens (primary N) is 1. The van der Waals surface area contributed by atoms with Crippen LogP contribution in [0.5, 0.6) is 5.75 Å². The van der Waals surface area contributed by atoms with Crippen molar-refractivity contribution in [1.29, 1.82) is 0 Å². The summed E-state index contributed by atoms with van der Waals surface area (Å²) in [6, 6.07) is 6.14. The lowest BCUT2D eigenvalue weighted by Crippen LogP contribution is -2.38. The van der Waals surface area contributed by atoms with Crippen molar-refractivity contribution in [2.45, 2.75) is 32.7 Å². The van der Waals surface area contributed by atoms with E-state index >= 15 is 0 Å². The molecule has 0 aromatic heterocycles. The number of benzene rings is 1. The van der Waals surface area contributed by atoms with E-state index in [-0.39, 0.29) is 17.9 Å². The van der Waals surface area contributed by atoms with Crippen molar-refractivity contribution in [1.82, 2.24) is 0 Å². The van der Waals surface area contributed by atoms with Crippen LogP contribution in [0.3, 0.4) is 0 Å². The first-order valence-electron chi connectivity index (χ1n) is 5.12. The first-order chi connectivity index (χ1) is 6.92. The van der Waals surface area contributed by atoms with Gasteiger partial charge in [-0.25, -0.2) is 0 Å². The Hall–Kier alpha value is -0.250. The predicted octanol–water partition coefficient (Wildman–Crippen LogP) is 3.55. The average Bonchev–Trinajstić information content (AvgIpc) is 2.14. The molecule has 1 aromatic rings. The van der Waals surface area contributed by atoms with Crippen LogP contribution >= 0.6 is 28.3 Å². The van der Waals surface area contributed by atoms with Crippen molar-refractivity contribution in [3.8, 4) is 5.75 Å². The van der Waals surface area contributed by atoms with Gasteiger partial charge >= 0.3 is 0 Å². The minimum absolute atomic E-state index is 0. The molecule has 1 rings (SSSR count). The Bertz CT molecular complexity index is 336. The highest BCUT2D eigenvalue weighted by molar-refractivity contribution is 9.10. The minimum Gasteiger partial charge on any atom is -0.491 e. The molecule has 0 aliphatic heterocycles. The van der Waals surface area contributed by atoms with Crippen LogP contribution in [0.4, 0.5) is 0 Å². The van der Waals surface area contributed by atoms with E-state index in [4.69, 9.17) is 10.5 Å². The molecule has 2 N–H and O–H groups in total. The molecule has 0 saturated carbocycles. The number of aryl methyl sites for hydroxylation is 1. The van der Waals surface area contributed by atoms with E-state index in [0.717, 1.165) is 16.6 Å². The highest BCUT2D eigenvalue weighted by Crippen LogP contribution is 2.26. The Kier molecular flexibility index (Phi) is 6.38. The molecule has 0 fully saturated rings. The van der Waals surface area contributed by atoms with E-state index < -0.39 is 0 Å². The third-order valence-electron chi connectivity index (χ3n) is 2.00. The number of hydrogen-bond acceptors (Lipinski definition) is 2. The molecule has 0 bridgehead atoms. The number of rotatable bonds is 4. The summed E-state index contributed by atoms with van der Waals surface area (Å²) in [4.78, 5) is 0. The summed E-state index contributed by atoms with van der Waals surface area (Å²) < 4.78 is 6.62.